The van der Waals surface area contributed by atoms with Crippen LogP contribution >= 0.6 is 0 Å². The molecule has 3 rings (SSSR count). The highest BCUT2D eigenvalue weighted by Gasteiger charge is 2.20. The summed E-state index contributed by atoms with van der Waals surface area (Å²) in [7, 11) is 0. The minimum absolute atomic E-state index is 0.0435. The van der Waals surface area contributed by atoms with E-state index < -0.39 is 0 Å². The molecule has 1 atom stereocenters. The maximum absolute atomic E-state index is 8.91. The molecule has 0 spiro atoms. The first-order valence-corrected chi connectivity index (χ1v) is 10.1. The van der Waals surface area contributed by atoms with Crippen LogP contribution in [-0.2, 0) is 6.54 Å². The highest BCUT2D eigenvalue weighted by Crippen LogP contribution is 2.22. The molecule has 0 radical (unpaired) electrons. The third kappa shape index (κ3) is 5.98. The van der Waals surface area contributed by atoms with Crippen LogP contribution in [0.15, 0.2) is 48.5 Å². The predicted molar refractivity (Wildman–Crippen MR) is 111 cm³/mol. The van der Waals surface area contributed by atoms with Crippen LogP contribution in [0.5, 0.6) is 5.75 Å². The van der Waals surface area contributed by atoms with Gasteiger partial charge in [-0.2, -0.15) is 0 Å². The number of likely N-dealkylation sites (tertiary alicyclic amines) is 1. The van der Waals surface area contributed by atoms with Gasteiger partial charge in [0, 0.05) is 24.8 Å². The van der Waals surface area contributed by atoms with Crippen molar-refractivity contribution in [2.75, 3.05) is 31.6 Å². The third-order valence-electron chi connectivity index (χ3n) is 5.12. The molecule has 1 aliphatic rings. The molecule has 27 heavy (non-hydrogen) atoms. The lowest BCUT2D eigenvalue weighted by atomic mass is 10.0. The smallest absolute Gasteiger partial charge is 0.119 e. The average Bonchev–Trinajstić information content (AvgIpc) is 2.67. The first kappa shape index (κ1) is 19.7. The van der Waals surface area contributed by atoms with Gasteiger partial charge in [0.1, 0.15) is 12.4 Å². The van der Waals surface area contributed by atoms with Gasteiger partial charge in [0.25, 0.3) is 0 Å². The van der Waals surface area contributed by atoms with Crippen LogP contribution < -0.4 is 10.1 Å². The Balaban J connectivity index is 1.54. The van der Waals surface area contributed by atoms with Crippen LogP contribution in [0.4, 0.5) is 5.69 Å². The largest absolute Gasteiger partial charge is 0.491 e. The van der Waals surface area contributed by atoms with E-state index in [2.05, 4.69) is 60.5 Å². The number of rotatable bonds is 8. The van der Waals surface area contributed by atoms with Gasteiger partial charge >= 0.3 is 0 Å². The number of piperidine rings is 1. The number of nitrogens with one attached hydrogen (secondary N) is 1. The van der Waals surface area contributed by atoms with Crippen molar-refractivity contribution in [3.8, 4) is 5.75 Å². The van der Waals surface area contributed by atoms with Crippen molar-refractivity contribution in [1.82, 2.24) is 4.90 Å². The first-order chi connectivity index (χ1) is 13.1. The molecule has 1 unspecified atom stereocenters. The van der Waals surface area contributed by atoms with E-state index in [1.165, 1.54) is 29.7 Å². The SMILES string of the molecule is CC(C)c1ccc(NC2CCCN(Cc3cccc(OCCO)c3)C2)cc1. The van der Waals surface area contributed by atoms with Gasteiger partial charge in [-0.25, -0.2) is 0 Å². The Morgan fingerprint density at radius 1 is 1.19 bits per heavy atom. The Morgan fingerprint density at radius 3 is 2.74 bits per heavy atom. The Labute approximate surface area is 163 Å². The Morgan fingerprint density at radius 2 is 2.00 bits per heavy atom. The molecule has 1 fully saturated rings. The van der Waals surface area contributed by atoms with Crippen molar-refractivity contribution in [3.05, 3.63) is 59.7 Å². The van der Waals surface area contributed by atoms with Gasteiger partial charge < -0.3 is 15.2 Å². The number of ether oxygens (including phenoxy) is 1. The third-order valence-corrected chi connectivity index (χ3v) is 5.12. The van der Waals surface area contributed by atoms with Crippen LogP contribution in [0.3, 0.4) is 0 Å². The molecule has 1 aliphatic heterocycles. The molecule has 1 heterocycles. The van der Waals surface area contributed by atoms with Crippen molar-refractivity contribution < 1.29 is 9.84 Å². The highest BCUT2D eigenvalue weighted by atomic mass is 16.5. The molecule has 4 nitrogen and oxygen atoms in total. The van der Waals surface area contributed by atoms with Gasteiger partial charge in [0.2, 0.25) is 0 Å². The molecule has 0 aromatic heterocycles. The zero-order chi connectivity index (χ0) is 19.1. The molecule has 2 aromatic rings. The fourth-order valence-electron chi connectivity index (χ4n) is 3.67. The molecule has 2 aromatic carbocycles. The van der Waals surface area contributed by atoms with Gasteiger partial charge in [0.05, 0.1) is 6.61 Å². The van der Waals surface area contributed by atoms with Gasteiger partial charge in [-0.05, 0) is 60.7 Å². The number of aliphatic hydroxyl groups is 1. The van der Waals surface area contributed by atoms with Crippen molar-refractivity contribution in [2.45, 2.75) is 45.2 Å². The lowest BCUT2D eigenvalue weighted by Crippen LogP contribution is -2.41. The number of anilines is 1. The molecule has 0 saturated carbocycles. The van der Waals surface area contributed by atoms with Gasteiger partial charge in [-0.1, -0.05) is 38.1 Å². The number of hydrogen-bond acceptors (Lipinski definition) is 4. The summed E-state index contributed by atoms with van der Waals surface area (Å²) in [5, 5.41) is 12.6. The van der Waals surface area contributed by atoms with E-state index in [1.807, 2.05) is 12.1 Å². The fourth-order valence-corrected chi connectivity index (χ4v) is 3.67. The number of hydrogen-bond donors (Lipinski definition) is 2. The minimum atomic E-state index is 0.0435. The van der Waals surface area contributed by atoms with Gasteiger partial charge in [0.15, 0.2) is 0 Å². The molecule has 146 valence electrons. The van der Waals surface area contributed by atoms with Gasteiger partial charge in [-0.15, -0.1) is 0 Å². The Bertz CT molecular complexity index is 700. The van der Waals surface area contributed by atoms with Crippen LogP contribution in [0.25, 0.3) is 0 Å². The molecule has 0 aliphatic carbocycles. The summed E-state index contributed by atoms with van der Waals surface area (Å²) in [5.41, 5.74) is 3.85. The zero-order valence-corrected chi connectivity index (χ0v) is 16.5. The Hall–Kier alpha value is -2.04. The fraction of sp³-hybridized carbons (Fsp3) is 0.478. The summed E-state index contributed by atoms with van der Waals surface area (Å²) < 4.78 is 5.53. The second kappa shape index (κ2) is 9.77. The quantitative estimate of drug-likeness (QED) is 0.731. The minimum Gasteiger partial charge on any atom is -0.491 e. The summed E-state index contributed by atoms with van der Waals surface area (Å²) >= 11 is 0. The average molecular weight is 369 g/mol. The first-order valence-electron chi connectivity index (χ1n) is 10.1. The molecule has 0 amide bonds. The van der Waals surface area contributed by atoms with E-state index in [4.69, 9.17) is 9.84 Å². The number of nitrogens with zero attached hydrogens (tertiary/aromatic N) is 1. The maximum atomic E-state index is 8.91. The van der Waals surface area contributed by atoms with Crippen LogP contribution in [-0.4, -0.2) is 42.4 Å². The standard InChI is InChI=1S/C23H32N2O2/c1-18(2)20-8-10-21(11-9-20)24-22-6-4-12-25(17-22)16-19-5-3-7-23(15-19)27-14-13-26/h3,5,7-11,15,18,22,24,26H,4,6,12-14,16-17H2,1-2H3. The van der Waals surface area contributed by atoms with Crippen molar-refractivity contribution in [2.24, 2.45) is 0 Å². The van der Waals surface area contributed by atoms with Crippen LogP contribution in [0.2, 0.25) is 0 Å². The summed E-state index contributed by atoms with van der Waals surface area (Å²) in [4.78, 5) is 2.51. The van der Waals surface area contributed by atoms with Crippen LogP contribution in [0, 0.1) is 0 Å². The lowest BCUT2D eigenvalue weighted by Gasteiger charge is -2.33. The zero-order valence-electron chi connectivity index (χ0n) is 16.5. The second-order valence-corrected chi connectivity index (χ2v) is 7.71. The summed E-state index contributed by atoms with van der Waals surface area (Å²) in [6.45, 7) is 7.95. The van der Waals surface area contributed by atoms with Crippen LogP contribution in [0.1, 0.15) is 43.7 Å². The molecular weight excluding hydrogens is 336 g/mol. The van der Waals surface area contributed by atoms with E-state index in [1.54, 1.807) is 0 Å². The van der Waals surface area contributed by atoms with E-state index >= 15 is 0 Å². The van der Waals surface area contributed by atoms with E-state index in [0.717, 1.165) is 25.4 Å². The number of benzene rings is 2. The maximum Gasteiger partial charge on any atom is 0.119 e. The van der Waals surface area contributed by atoms with Crippen molar-refractivity contribution in [3.63, 3.8) is 0 Å². The molecule has 2 N–H and O–H groups in total. The molecule has 1 saturated heterocycles. The van der Waals surface area contributed by atoms with Crippen molar-refractivity contribution >= 4 is 5.69 Å². The monoisotopic (exact) mass is 368 g/mol. The normalized spacial score (nSPS) is 17.9. The molecule has 4 heteroatoms. The predicted octanol–water partition coefficient (Wildman–Crippen LogP) is 4.26. The van der Waals surface area contributed by atoms with E-state index in [0.29, 0.717) is 18.6 Å². The summed E-state index contributed by atoms with van der Waals surface area (Å²) in [5.74, 6) is 1.40. The Kier molecular flexibility index (Phi) is 7.13. The van der Waals surface area contributed by atoms with E-state index in [9.17, 15) is 0 Å². The summed E-state index contributed by atoms with van der Waals surface area (Å²) in [6.07, 6.45) is 2.42. The number of aliphatic hydroxyl groups excluding tert-OH is 1. The lowest BCUT2D eigenvalue weighted by molar-refractivity contribution is 0.199. The summed E-state index contributed by atoms with van der Waals surface area (Å²) in [6, 6.07) is 17.5. The highest BCUT2D eigenvalue weighted by molar-refractivity contribution is 5.46. The second-order valence-electron chi connectivity index (χ2n) is 7.71. The topological polar surface area (TPSA) is 44.7 Å². The molecule has 0 bridgehead atoms. The van der Waals surface area contributed by atoms with Gasteiger partial charge in [-0.3, -0.25) is 4.90 Å². The van der Waals surface area contributed by atoms with E-state index in [-0.39, 0.29) is 6.61 Å². The van der Waals surface area contributed by atoms with Crippen molar-refractivity contribution in [1.29, 1.82) is 0 Å². The molecular formula is C23H32N2O2.